The Morgan fingerprint density at radius 3 is 3.00 bits per heavy atom. The minimum atomic E-state index is -0.0696. The topological polar surface area (TPSA) is 56.1 Å². The summed E-state index contributed by atoms with van der Waals surface area (Å²) in [6.07, 6.45) is 0.359. The molecular weight excluding hydrogens is 254 g/mol. The molecule has 1 N–H and O–H groups in total. The molecule has 1 aromatic heterocycles. The molecule has 2 heterocycles. The Kier molecular flexibility index (Phi) is 3.54. The van der Waals surface area contributed by atoms with Gasteiger partial charge in [0.2, 0.25) is 0 Å². The van der Waals surface area contributed by atoms with Crippen LogP contribution in [0.2, 0.25) is 0 Å². The van der Waals surface area contributed by atoms with Gasteiger partial charge in [-0.25, -0.2) is 4.98 Å². The third kappa shape index (κ3) is 2.23. The summed E-state index contributed by atoms with van der Waals surface area (Å²) in [5, 5.41) is 3.15. The van der Waals surface area contributed by atoms with Gasteiger partial charge in [-0.1, -0.05) is 12.1 Å². The van der Waals surface area contributed by atoms with Gasteiger partial charge in [-0.3, -0.25) is 4.79 Å². The maximum atomic E-state index is 12.4. The molecule has 1 saturated heterocycles. The van der Waals surface area contributed by atoms with E-state index in [1.165, 1.54) is 0 Å². The number of carbonyl (C=O) groups excluding carboxylic acids is 1. The van der Waals surface area contributed by atoms with Crippen molar-refractivity contribution in [3.63, 3.8) is 0 Å². The van der Waals surface area contributed by atoms with E-state index in [0.717, 1.165) is 16.9 Å². The summed E-state index contributed by atoms with van der Waals surface area (Å²) in [5.74, 6) is 0.943. The molecule has 0 radical (unpaired) electrons. The molecule has 106 valence electrons. The highest BCUT2D eigenvalue weighted by molar-refractivity contribution is 5.85. The predicted molar refractivity (Wildman–Crippen MR) is 76.6 cm³/mol. The average Bonchev–Trinajstić information content (AvgIpc) is 3.05. The fraction of sp³-hybridized carbons (Fsp3) is 0.467. The fourth-order valence-electron chi connectivity index (χ4n) is 2.80. The zero-order valence-electron chi connectivity index (χ0n) is 11.8. The summed E-state index contributed by atoms with van der Waals surface area (Å²) >= 11 is 0. The number of benzene rings is 1. The first kappa shape index (κ1) is 13.3. The Labute approximate surface area is 117 Å². The molecule has 0 amide bonds. The Balaban J connectivity index is 1.82. The largest absolute Gasteiger partial charge is 0.379 e. The molecule has 2 unspecified atom stereocenters. The van der Waals surface area contributed by atoms with Crippen molar-refractivity contribution < 1.29 is 9.53 Å². The summed E-state index contributed by atoms with van der Waals surface area (Å²) in [6, 6.07) is 8.06. The molecule has 1 aliphatic rings. The van der Waals surface area contributed by atoms with Gasteiger partial charge < -0.3 is 14.6 Å². The van der Waals surface area contributed by atoms with Gasteiger partial charge in [0, 0.05) is 13.1 Å². The minimum absolute atomic E-state index is 0.0696. The zero-order chi connectivity index (χ0) is 14.1. The highest BCUT2D eigenvalue weighted by Crippen LogP contribution is 2.19. The smallest absolute Gasteiger partial charge is 0.147 e. The van der Waals surface area contributed by atoms with Crippen molar-refractivity contribution in [2.45, 2.75) is 12.5 Å². The molecular formula is C15H19N3O2. The van der Waals surface area contributed by atoms with E-state index in [-0.39, 0.29) is 17.7 Å². The minimum Gasteiger partial charge on any atom is -0.379 e. The van der Waals surface area contributed by atoms with Crippen molar-refractivity contribution in [3.05, 3.63) is 30.1 Å². The number of aryl methyl sites for hydroxylation is 1. The first-order valence-electron chi connectivity index (χ1n) is 6.88. The lowest BCUT2D eigenvalue weighted by Gasteiger charge is -2.15. The molecule has 1 aromatic carbocycles. The van der Waals surface area contributed by atoms with Gasteiger partial charge in [-0.05, 0) is 19.2 Å². The highest BCUT2D eigenvalue weighted by Gasteiger charge is 2.33. The van der Waals surface area contributed by atoms with E-state index in [1.807, 2.05) is 42.9 Å². The predicted octanol–water partition coefficient (Wildman–Crippen LogP) is 0.919. The van der Waals surface area contributed by atoms with Crippen LogP contribution in [-0.2, 0) is 23.0 Å². The monoisotopic (exact) mass is 273 g/mol. The van der Waals surface area contributed by atoms with E-state index in [0.29, 0.717) is 19.6 Å². The number of imidazole rings is 1. The van der Waals surface area contributed by atoms with E-state index in [9.17, 15) is 4.79 Å². The second-order valence-corrected chi connectivity index (χ2v) is 5.26. The molecule has 0 aliphatic carbocycles. The van der Waals surface area contributed by atoms with Crippen LogP contribution >= 0.6 is 0 Å². The number of Topliss-reactive ketones (excluding diaryl/α,β-unsaturated/α-hetero) is 1. The third-order valence-electron chi connectivity index (χ3n) is 4.08. The van der Waals surface area contributed by atoms with Crippen LogP contribution in [0.4, 0.5) is 0 Å². The summed E-state index contributed by atoms with van der Waals surface area (Å²) in [6.45, 7) is 1.11. The molecule has 0 bridgehead atoms. The van der Waals surface area contributed by atoms with Crippen LogP contribution in [0.15, 0.2) is 24.3 Å². The van der Waals surface area contributed by atoms with Crippen LogP contribution in [0.1, 0.15) is 5.82 Å². The molecule has 5 heteroatoms. The van der Waals surface area contributed by atoms with Gasteiger partial charge >= 0.3 is 0 Å². The molecule has 5 nitrogen and oxygen atoms in total. The Morgan fingerprint density at radius 2 is 2.25 bits per heavy atom. The summed E-state index contributed by atoms with van der Waals surface area (Å²) in [7, 11) is 3.83. The zero-order valence-corrected chi connectivity index (χ0v) is 11.8. The van der Waals surface area contributed by atoms with E-state index in [2.05, 4.69) is 10.3 Å². The number of rotatable bonds is 4. The molecule has 3 rings (SSSR count). The molecule has 0 spiro atoms. The summed E-state index contributed by atoms with van der Waals surface area (Å²) in [5.41, 5.74) is 1.99. The van der Waals surface area contributed by atoms with Gasteiger partial charge in [-0.2, -0.15) is 0 Å². The maximum Gasteiger partial charge on any atom is 0.147 e. The number of likely N-dealkylation sites (N-methyl/N-ethyl adjacent to an activating group) is 1. The van der Waals surface area contributed by atoms with Crippen LogP contribution in [-0.4, -0.2) is 41.6 Å². The number of nitrogens with zero attached hydrogens (tertiary/aromatic N) is 2. The van der Waals surface area contributed by atoms with E-state index >= 15 is 0 Å². The van der Waals surface area contributed by atoms with Crippen LogP contribution in [0, 0.1) is 5.92 Å². The van der Waals surface area contributed by atoms with Crippen molar-refractivity contribution in [2.24, 2.45) is 13.0 Å². The number of nitrogens with one attached hydrogen (secondary N) is 1. The second-order valence-electron chi connectivity index (χ2n) is 5.26. The van der Waals surface area contributed by atoms with Crippen molar-refractivity contribution in [3.8, 4) is 0 Å². The lowest BCUT2D eigenvalue weighted by atomic mass is 9.96. The van der Waals surface area contributed by atoms with Crippen LogP contribution in [0.3, 0.4) is 0 Å². The number of fused-ring (bicyclic) bond motifs is 1. The maximum absolute atomic E-state index is 12.4. The number of ketones is 1. The summed E-state index contributed by atoms with van der Waals surface area (Å²) in [4.78, 5) is 17.0. The second kappa shape index (κ2) is 5.34. The Bertz CT molecular complexity index is 635. The van der Waals surface area contributed by atoms with Gasteiger partial charge in [0.15, 0.2) is 0 Å². The van der Waals surface area contributed by atoms with Crippen molar-refractivity contribution in [1.29, 1.82) is 0 Å². The number of hydrogen-bond donors (Lipinski definition) is 1. The molecule has 1 fully saturated rings. The number of aromatic nitrogens is 2. The van der Waals surface area contributed by atoms with Crippen LogP contribution < -0.4 is 5.32 Å². The molecule has 2 atom stereocenters. The number of carbonyl (C=O) groups is 1. The highest BCUT2D eigenvalue weighted by atomic mass is 16.5. The van der Waals surface area contributed by atoms with Gasteiger partial charge in [0.25, 0.3) is 0 Å². The van der Waals surface area contributed by atoms with E-state index in [4.69, 9.17) is 4.74 Å². The first-order valence-corrected chi connectivity index (χ1v) is 6.88. The molecule has 20 heavy (non-hydrogen) atoms. The van der Waals surface area contributed by atoms with Crippen molar-refractivity contribution in [1.82, 2.24) is 14.9 Å². The number of ether oxygens (including phenoxy) is 1. The number of para-hydroxylation sites is 2. The normalized spacial score (nSPS) is 22.5. The number of hydrogen-bond acceptors (Lipinski definition) is 4. The van der Waals surface area contributed by atoms with Crippen molar-refractivity contribution >= 4 is 16.8 Å². The average molecular weight is 273 g/mol. The standard InChI is InChI=1S/C15H19N3O2/c1-16-12-9-20-8-10(12)14(19)7-15-17-11-5-3-4-6-13(11)18(15)2/h3-6,10,12,16H,7-9H2,1-2H3. The fourth-order valence-corrected chi connectivity index (χ4v) is 2.80. The molecule has 1 aliphatic heterocycles. The molecule has 0 saturated carbocycles. The van der Waals surface area contributed by atoms with Crippen LogP contribution in [0.5, 0.6) is 0 Å². The first-order chi connectivity index (χ1) is 9.70. The Hall–Kier alpha value is -1.72. The van der Waals surface area contributed by atoms with Gasteiger partial charge in [0.05, 0.1) is 36.6 Å². The van der Waals surface area contributed by atoms with E-state index < -0.39 is 0 Å². The van der Waals surface area contributed by atoms with Gasteiger partial charge in [0.1, 0.15) is 11.6 Å². The molecule has 2 aromatic rings. The quantitative estimate of drug-likeness (QED) is 0.900. The third-order valence-corrected chi connectivity index (χ3v) is 4.08. The van der Waals surface area contributed by atoms with Crippen molar-refractivity contribution in [2.75, 3.05) is 20.3 Å². The lowest BCUT2D eigenvalue weighted by molar-refractivity contribution is -0.122. The van der Waals surface area contributed by atoms with Gasteiger partial charge in [-0.15, -0.1) is 0 Å². The Morgan fingerprint density at radius 1 is 1.45 bits per heavy atom. The lowest BCUT2D eigenvalue weighted by Crippen LogP contribution is -2.37. The van der Waals surface area contributed by atoms with Crippen LogP contribution in [0.25, 0.3) is 11.0 Å². The summed E-state index contributed by atoms with van der Waals surface area (Å²) < 4.78 is 7.40. The van der Waals surface area contributed by atoms with E-state index in [1.54, 1.807) is 0 Å². The SMILES string of the molecule is CNC1COCC1C(=O)Cc1nc2ccccc2n1C.